The minimum atomic E-state index is 0.0809. The predicted molar refractivity (Wildman–Crippen MR) is 71.4 cm³/mol. The molecule has 0 aromatic heterocycles. The van der Waals surface area contributed by atoms with Crippen LogP contribution < -0.4 is 4.74 Å². The van der Waals surface area contributed by atoms with Crippen molar-refractivity contribution in [1.82, 2.24) is 0 Å². The molecule has 1 atom stereocenters. The molecule has 2 rings (SSSR count). The van der Waals surface area contributed by atoms with Crippen LogP contribution in [0.15, 0.2) is 48.5 Å². The molecular formula is C16H18O. The van der Waals surface area contributed by atoms with Crippen molar-refractivity contribution in [3.8, 4) is 5.75 Å². The molecule has 0 aliphatic heterocycles. The third-order valence-corrected chi connectivity index (χ3v) is 2.78. The lowest BCUT2D eigenvalue weighted by Gasteiger charge is -2.16. The fraction of sp³-hybridized carbons (Fsp3) is 0.250. The summed E-state index contributed by atoms with van der Waals surface area (Å²) in [5.74, 6) is 0.943. The summed E-state index contributed by atoms with van der Waals surface area (Å²) in [6.07, 6.45) is 0.0809. The van der Waals surface area contributed by atoms with Crippen molar-refractivity contribution >= 4 is 0 Å². The Balaban J connectivity index is 2.16. The lowest BCUT2D eigenvalue weighted by atomic mass is 10.1. The first-order chi connectivity index (χ1) is 8.15. The molecule has 0 spiro atoms. The summed E-state index contributed by atoms with van der Waals surface area (Å²) in [6.45, 7) is 6.26. The van der Waals surface area contributed by atoms with Crippen molar-refractivity contribution < 1.29 is 4.74 Å². The fourth-order valence-electron chi connectivity index (χ4n) is 2.00. The maximum atomic E-state index is 5.96. The van der Waals surface area contributed by atoms with Crippen LogP contribution in [0.3, 0.4) is 0 Å². The largest absolute Gasteiger partial charge is 0.486 e. The van der Waals surface area contributed by atoms with Gasteiger partial charge in [-0.15, -0.1) is 0 Å². The van der Waals surface area contributed by atoms with E-state index >= 15 is 0 Å². The minimum Gasteiger partial charge on any atom is -0.486 e. The van der Waals surface area contributed by atoms with Crippen LogP contribution in [0.25, 0.3) is 0 Å². The Hall–Kier alpha value is -1.76. The molecule has 0 bridgehead atoms. The van der Waals surface area contributed by atoms with E-state index in [0.29, 0.717) is 0 Å². The highest BCUT2D eigenvalue weighted by Crippen LogP contribution is 2.23. The van der Waals surface area contributed by atoms with Crippen molar-refractivity contribution in [2.45, 2.75) is 26.9 Å². The number of benzene rings is 2. The second kappa shape index (κ2) is 5.05. The molecule has 0 aliphatic carbocycles. The van der Waals surface area contributed by atoms with E-state index in [2.05, 4.69) is 51.1 Å². The molecule has 2 aromatic rings. The molecule has 0 saturated heterocycles. The van der Waals surface area contributed by atoms with Crippen LogP contribution in [-0.4, -0.2) is 0 Å². The molecular weight excluding hydrogens is 208 g/mol. The zero-order valence-corrected chi connectivity index (χ0v) is 10.6. The van der Waals surface area contributed by atoms with Crippen LogP contribution >= 0.6 is 0 Å². The zero-order valence-electron chi connectivity index (χ0n) is 10.6. The maximum Gasteiger partial charge on any atom is 0.121 e. The lowest BCUT2D eigenvalue weighted by Crippen LogP contribution is -2.03. The van der Waals surface area contributed by atoms with Gasteiger partial charge in [0.1, 0.15) is 11.9 Å². The van der Waals surface area contributed by atoms with Gasteiger partial charge in [-0.2, -0.15) is 0 Å². The standard InChI is InChI=1S/C16H18O/c1-12-9-13(2)11-16(10-12)17-14(3)15-7-5-4-6-8-15/h4-11,14H,1-3H3/t14-/m0/s1. The van der Waals surface area contributed by atoms with Gasteiger partial charge in [-0.1, -0.05) is 36.4 Å². The van der Waals surface area contributed by atoms with Crippen molar-refractivity contribution in [3.05, 3.63) is 65.2 Å². The summed E-state index contributed by atoms with van der Waals surface area (Å²) in [5.41, 5.74) is 3.67. The van der Waals surface area contributed by atoms with Gasteiger partial charge in [0.05, 0.1) is 0 Å². The van der Waals surface area contributed by atoms with Crippen molar-refractivity contribution in [3.63, 3.8) is 0 Å². The Kier molecular flexibility index (Phi) is 3.48. The van der Waals surface area contributed by atoms with Crippen LogP contribution in [0, 0.1) is 13.8 Å². The van der Waals surface area contributed by atoms with Crippen LogP contribution in [0.5, 0.6) is 5.75 Å². The quantitative estimate of drug-likeness (QED) is 0.751. The van der Waals surface area contributed by atoms with Crippen LogP contribution in [0.1, 0.15) is 29.7 Å². The molecule has 17 heavy (non-hydrogen) atoms. The molecule has 0 unspecified atom stereocenters. The monoisotopic (exact) mass is 226 g/mol. The molecule has 88 valence electrons. The predicted octanol–water partition coefficient (Wildman–Crippen LogP) is 4.44. The summed E-state index contributed by atoms with van der Waals surface area (Å²) in [5, 5.41) is 0. The van der Waals surface area contributed by atoms with Crippen molar-refractivity contribution in [1.29, 1.82) is 0 Å². The van der Waals surface area contributed by atoms with E-state index in [1.165, 1.54) is 16.7 Å². The SMILES string of the molecule is Cc1cc(C)cc(O[C@@H](C)c2ccccc2)c1. The van der Waals surface area contributed by atoms with Crippen molar-refractivity contribution in [2.24, 2.45) is 0 Å². The number of hydrogen-bond donors (Lipinski definition) is 0. The minimum absolute atomic E-state index is 0.0809. The summed E-state index contributed by atoms with van der Waals surface area (Å²) in [7, 11) is 0. The van der Waals surface area contributed by atoms with E-state index < -0.39 is 0 Å². The Bertz CT molecular complexity index is 468. The Morgan fingerprint density at radius 2 is 1.47 bits per heavy atom. The normalized spacial score (nSPS) is 12.2. The number of ether oxygens (including phenoxy) is 1. The molecule has 0 amide bonds. The molecule has 0 fully saturated rings. The third kappa shape index (κ3) is 3.10. The van der Waals surface area contributed by atoms with E-state index in [1.54, 1.807) is 0 Å². The van der Waals surface area contributed by atoms with Crippen LogP contribution in [0.4, 0.5) is 0 Å². The van der Waals surface area contributed by atoms with Crippen molar-refractivity contribution in [2.75, 3.05) is 0 Å². The highest BCUT2D eigenvalue weighted by molar-refractivity contribution is 5.33. The first kappa shape index (κ1) is 11.7. The van der Waals surface area contributed by atoms with Gasteiger partial charge in [0.2, 0.25) is 0 Å². The summed E-state index contributed by atoms with van der Waals surface area (Å²) in [4.78, 5) is 0. The molecule has 2 aromatic carbocycles. The van der Waals surface area contributed by atoms with Gasteiger partial charge in [-0.25, -0.2) is 0 Å². The van der Waals surface area contributed by atoms with Gasteiger partial charge in [-0.3, -0.25) is 0 Å². The van der Waals surface area contributed by atoms with Gasteiger partial charge in [0.25, 0.3) is 0 Å². The maximum absolute atomic E-state index is 5.96. The average Bonchev–Trinajstić information content (AvgIpc) is 2.28. The first-order valence-corrected chi connectivity index (χ1v) is 5.95. The molecule has 0 saturated carbocycles. The van der Waals surface area contributed by atoms with E-state index in [0.717, 1.165) is 5.75 Å². The Morgan fingerprint density at radius 1 is 0.882 bits per heavy atom. The van der Waals surface area contributed by atoms with Gasteiger partial charge < -0.3 is 4.74 Å². The lowest BCUT2D eigenvalue weighted by molar-refractivity contribution is 0.226. The van der Waals surface area contributed by atoms with Crippen LogP contribution in [0.2, 0.25) is 0 Å². The highest BCUT2D eigenvalue weighted by atomic mass is 16.5. The average molecular weight is 226 g/mol. The number of rotatable bonds is 3. The van der Waals surface area contributed by atoms with Gasteiger partial charge in [0.15, 0.2) is 0 Å². The highest BCUT2D eigenvalue weighted by Gasteiger charge is 2.06. The summed E-state index contributed by atoms with van der Waals surface area (Å²) >= 11 is 0. The third-order valence-electron chi connectivity index (χ3n) is 2.78. The van der Waals surface area contributed by atoms with E-state index in [1.807, 2.05) is 18.2 Å². The molecule has 1 heteroatoms. The smallest absolute Gasteiger partial charge is 0.121 e. The molecule has 0 radical (unpaired) electrons. The van der Waals surface area contributed by atoms with E-state index in [9.17, 15) is 0 Å². The second-order valence-electron chi connectivity index (χ2n) is 4.49. The Morgan fingerprint density at radius 3 is 2.06 bits per heavy atom. The van der Waals surface area contributed by atoms with Gasteiger partial charge in [-0.05, 0) is 49.6 Å². The number of hydrogen-bond acceptors (Lipinski definition) is 1. The Labute approximate surface area is 103 Å². The van der Waals surface area contributed by atoms with Gasteiger partial charge >= 0.3 is 0 Å². The van der Waals surface area contributed by atoms with E-state index in [-0.39, 0.29) is 6.10 Å². The number of aryl methyl sites for hydroxylation is 2. The summed E-state index contributed by atoms with van der Waals surface area (Å²) in [6, 6.07) is 16.6. The zero-order chi connectivity index (χ0) is 12.3. The summed E-state index contributed by atoms with van der Waals surface area (Å²) < 4.78 is 5.96. The van der Waals surface area contributed by atoms with Gasteiger partial charge in [0, 0.05) is 0 Å². The van der Waals surface area contributed by atoms with Crippen LogP contribution in [-0.2, 0) is 0 Å². The molecule has 0 heterocycles. The van der Waals surface area contributed by atoms with E-state index in [4.69, 9.17) is 4.74 Å². The fourth-order valence-corrected chi connectivity index (χ4v) is 2.00. The molecule has 1 nitrogen and oxygen atoms in total. The molecule has 0 aliphatic rings. The second-order valence-corrected chi connectivity index (χ2v) is 4.49. The first-order valence-electron chi connectivity index (χ1n) is 5.95. The topological polar surface area (TPSA) is 9.23 Å². The molecule has 0 N–H and O–H groups in total.